The Hall–Kier alpha value is -2.28. The van der Waals surface area contributed by atoms with Crippen molar-refractivity contribution in [3.8, 4) is 0 Å². The van der Waals surface area contributed by atoms with E-state index < -0.39 is 36.5 Å². The van der Waals surface area contributed by atoms with Crippen LogP contribution >= 0.6 is 0 Å². The number of aliphatic hydroxyl groups is 2. The fourth-order valence-corrected chi connectivity index (χ4v) is 2.09. The number of primary amides is 1. The average Bonchev–Trinajstić information content (AvgIpc) is 3.14. The van der Waals surface area contributed by atoms with E-state index in [4.69, 9.17) is 15.2 Å². The Labute approximate surface area is 136 Å². The van der Waals surface area contributed by atoms with Crippen LogP contribution in [0.3, 0.4) is 0 Å². The van der Waals surface area contributed by atoms with Crippen molar-refractivity contribution in [2.24, 2.45) is 5.73 Å². The lowest BCUT2D eigenvalue weighted by Gasteiger charge is -2.14. The van der Waals surface area contributed by atoms with Gasteiger partial charge in [-0.05, 0) is 0 Å². The molecule has 5 N–H and O–H groups in total. The summed E-state index contributed by atoms with van der Waals surface area (Å²) in [7, 11) is 1.24. The van der Waals surface area contributed by atoms with Crippen LogP contribution in [0.25, 0.3) is 0 Å². The van der Waals surface area contributed by atoms with Gasteiger partial charge in [-0.25, -0.2) is 14.5 Å². The Kier molecular flexibility index (Phi) is 6.03. The van der Waals surface area contributed by atoms with E-state index in [0.29, 0.717) is 0 Å². The van der Waals surface area contributed by atoms with Crippen molar-refractivity contribution >= 4 is 12.0 Å². The maximum absolute atomic E-state index is 11.0. The average molecular weight is 345 g/mol. The van der Waals surface area contributed by atoms with Crippen LogP contribution in [0.15, 0.2) is 6.33 Å². The number of ether oxygens (including phenoxy) is 3. The van der Waals surface area contributed by atoms with Gasteiger partial charge in [-0.3, -0.25) is 4.79 Å². The third kappa shape index (κ3) is 4.17. The number of hydrogen-bond acceptors (Lipinski definition) is 9. The molecule has 1 aromatic heterocycles. The van der Waals surface area contributed by atoms with Gasteiger partial charge in [-0.15, -0.1) is 5.10 Å². The molecule has 2 amide bonds. The molecule has 0 radical (unpaired) electrons. The first-order valence-corrected chi connectivity index (χ1v) is 7.06. The smallest absolute Gasteiger partial charge is 0.406 e. The Morgan fingerprint density at radius 1 is 1.46 bits per heavy atom. The Bertz CT molecular complexity index is 580. The molecule has 24 heavy (non-hydrogen) atoms. The zero-order valence-corrected chi connectivity index (χ0v) is 12.9. The first kappa shape index (κ1) is 18.1. The van der Waals surface area contributed by atoms with Gasteiger partial charge in [0.15, 0.2) is 6.23 Å². The number of amides is 2. The van der Waals surface area contributed by atoms with Crippen LogP contribution in [-0.4, -0.2) is 82.2 Å². The van der Waals surface area contributed by atoms with Gasteiger partial charge in [-0.2, -0.15) is 0 Å². The molecule has 0 aromatic carbocycles. The number of carbonyl (C=O) groups is 2. The normalized spacial score (nSPS) is 26.3. The van der Waals surface area contributed by atoms with Crippen LogP contribution in [0.2, 0.25) is 0 Å². The fraction of sp³-hybridized carbons (Fsp3) is 0.667. The molecule has 1 aliphatic rings. The van der Waals surface area contributed by atoms with Crippen molar-refractivity contribution < 1.29 is 34.0 Å². The van der Waals surface area contributed by atoms with Gasteiger partial charge in [0.05, 0.1) is 20.3 Å². The predicted octanol–water partition coefficient (Wildman–Crippen LogP) is -2.63. The van der Waals surface area contributed by atoms with Gasteiger partial charge in [0.1, 0.15) is 24.6 Å². The first-order chi connectivity index (χ1) is 11.4. The molecule has 0 aliphatic carbocycles. The molecule has 1 saturated heterocycles. The predicted molar refractivity (Wildman–Crippen MR) is 75.7 cm³/mol. The van der Waals surface area contributed by atoms with Crippen molar-refractivity contribution in [2.75, 3.05) is 26.9 Å². The van der Waals surface area contributed by atoms with Gasteiger partial charge in [0, 0.05) is 6.54 Å². The van der Waals surface area contributed by atoms with Crippen LogP contribution < -0.4 is 11.1 Å². The van der Waals surface area contributed by atoms with E-state index in [2.05, 4.69) is 20.1 Å². The molecule has 2 heterocycles. The number of nitrogens with two attached hydrogens (primary N) is 1. The highest BCUT2D eigenvalue weighted by molar-refractivity contribution is 5.88. The van der Waals surface area contributed by atoms with Gasteiger partial charge in [0.25, 0.3) is 5.91 Å². The second kappa shape index (κ2) is 8.01. The molecular weight excluding hydrogens is 326 g/mol. The number of aromatic nitrogens is 3. The number of nitrogens with zero attached hydrogens (tertiary/aromatic N) is 3. The second-order valence-electron chi connectivity index (χ2n) is 4.95. The molecule has 1 fully saturated rings. The van der Waals surface area contributed by atoms with Crippen molar-refractivity contribution in [3.05, 3.63) is 12.2 Å². The van der Waals surface area contributed by atoms with Crippen LogP contribution in [0.5, 0.6) is 0 Å². The minimum atomic E-state index is -1.28. The third-order valence-corrected chi connectivity index (χ3v) is 3.31. The zero-order chi connectivity index (χ0) is 17.7. The molecule has 12 nitrogen and oxygen atoms in total. The summed E-state index contributed by atoms with van der Waals surface area (Å²) in [5.41, 5.74) is 5.05. The fourth-order valence-electron chi connectivity index (χ4n) is 2.09. The lowest BCUT2D eigenvalue weighted by molar-refractivity contribution is -0.0708. The summed E-state index contributed by atoms with van der Waals surface area (Å²) < 4.78 is 16.3. The summed E-state index contributed by atoms with van der Waals surface area (Å²) in [6.45, 7) is 0.360. The summed E-state index contributed by atoms with van der Waals surface area (Å²) in [6.07, 6.45) is -3.75. The van der Waals surface area contributed by atoms with E-state index in [-0.39, 0.29) is 25.6 Å². The summed E-state index contributed by atoms with van der Waals surface area (Å²) in [4.78, 5) is 25.5. The number of methoxy groups -OCH3 is 1. The van der Waals surface area contributed by atoms with E-state index >= 15 is 0 Å². The van der Waals surface area contributed by atoms with E-state index in [1.807, 2.05) is 0 Å². The summed E-state index contributed by atoms with van der Waals surface area (Å²) >= 11 is 0. The molecule has 2 rings (SSSR count). The number of hydrogen-bond donors (Lipinski definition) is 4. The van der Waals surface area contributed by atoms with E-state index in [9.17, 15) is 19.8 Å². The maximum atomic E-state index is 11.0. The summed E-state index contributed by atoms with van der Waals surface area (Å²) in [5.74, 6) is -1.05. The number of aliphatic hydroxyl groups excluding tert-OH is 2. The molecule has 1 aromatic rings. The van der Waals surface area contributed by atoms with Crippen molar-refractivity contribution in [3.63, 3.8) is 0 Å². The highest BCUT2D eigenvalue weighted by Crippen LogP contribution is 2.28. The van der Waals surface area contributed by atoms with Gasteiger partial charge < -0.3 is 35.5 Å². The monoisotopic (exact) mass is 345 g/mol. The van der Waals surface area contributed by atoms with Gasteiger partial charge >= 0.3 is 6.09 Å². The Morgan fingerprint density at radius 3 is 2.83 bits per heavy atom. The van der Waals surface area contributed by atoms with Crippen molar-refractivity contribution in [1.82, 2.24) is 20.1 Å². The largest absolute Gasteiger partial charge is 0.453 e. The lowest BCUT2D eigenvalue weighted by Crippen LogP contribution is -2.35. The van der Waals surface area contributed by atoms with Gasteiger partial charge in [-0.1, -0.05) is 0 Å². The molecule has 0 saturated carbocycles. The molecule has 0 spiro atoms. The quantitative estimate of drug-likeness (QED) is 0.386. The highest BCUT2D eigenvalue weighted by atomic mass is 16.6. The lowest BCUT2D eigenvalue weighted by atomic mass is 10.1. The third-order valence-electron chi connectivity index (χ3n) is 3.31. The SMILES string of the molecule is COC(=O)NCCOCC1OC(n2cnc(C(N)=O)n2)C(O)[C@@H]1O. The highest BCUT2D eigenvalue weighted by Gasteiger charge is 2.44. The number of nitrogens with one attached hydrogen (secondary N) is 1. The molecule has 0 bridgehead atoms. The molecule has 3 unspecified atom stereocenters. The summed E-state index contributed by atoms with van der Waals surface area (Å²) in [5, 5.41) is 26.2. The second-order valence-corrected chi connectivity index (χ2v) is 4.95. The maximum Gasteiger partial charge on any atom is 0.406 e. The Balaban J connectivity index is 1.83. The minimum Gasteiger partial charge on any atom is -0.453 e. The minimum absolute atomic E-state index is 0.0189. The number of alkyl carbamates (subject to hydrolysis) is 1. The van der Waals surface area contributed by atoms with Crippen molar-refractivity contribution in [2.45, 2.75) is 24.5 Å². The topological polar surface area (TPSA) is 171 Å². The van der Waals surface area contributed by atoms with Crippen LogP contribution in [0.4, 0.5) is 4.79 Å². The van der Waals surface area contributed by atoms with E-state index in [0.717, 1.165) is 4.68 Å². The molecule has 134 valence electrons. The van der Waals surface area contributed by atoms with E-state index in [1.54, 1.807) is 0 Å². The summed E-state index contributed by atoms with van der Waals surface area (Å²) in [6, 6.07) is 0. The van der Waals surface area contributed by atoms with Crippen LogP contribution in [-0.2, 0) is 14.2 Å². The number of carbonyl (C=O) groups excluding carboxylic acids is 2. The van der Waals surface area contributed by atoms with Crippen LogP contribution in [0, 0.1) is 0 Å². The molecule has 4 atom stereocenters. The van der Waals surface area contributed by atoms with Gasteiger partial charge in [0.2, 0.25) is 5.82 Å². The Morgan fingerprint density at radius 2 is 2.21 bits per heavy atom. The molecule has 1 aliphatic heterocycles. The standard InChI is InChI=1S/C12H19N5O7/c1-22-12(21)14-2-3-23-4-6-7(18)8(19)11(24-6)17-5-15-10(16-17)9(13)20/h5-8,11,18-19H,2-4H2,1H3,(H2,13,20)(H,14,21)/t6?,7-,8?,11?/m1/s1. The zero-order valence-electron chi connectivity index (χ0n) is 12.9. The van der Waals surface area contributed by atoms with E-state index in [1.165, 1.54) is 13.4 Å². The van der Waals surface area contributed by atoms with Crippen LogP contribution in [0.1, 0.15) is 16.8 Å². The first-order valence-electron chi connectivity index (χ1n) is 7.06. The molecular formula is C12H19N5O7. The van der Waals surface area contributed by atoms with Crippen molar-refractivity contribution in [1.29, 1.82) is 0 Å². The molecule has 12 heteroatoms. The number of rotatable bonds is 7.